The van der Waals surface area contributed by atoms with Crippen molar-refractivity contribution in [2.75, 3.05) is 27.2 Å². The predicted molar refractivity (Wildman–Crippen MR) is 76.6 cm³/mol. The van der Waals surface area contributed by atoms with E-state index in [2.05, 4.69) is 28.7 Å². The molecular formula is C14H22N4O2. The summed E-state index contributed by atoms with van der Waals surface area (Å²) in [6.45, 7) is 5.82. The maximum absolute atomic E-state index is 12.4. The zero-order valence-electron chi connectivity index (χ0n) is 12.5. The van der Waals surface area contributed by atoms with Gasteiger partial charge in [-0.05, 0) is 25.9 Å². The molecule has 0 unspecified atom stereocenters. The fraction of sp³-hybridized carbons (Fsp3) is 0.643. The number of rotatable bonds is 3. The van der Waals surface area contributed by atoms with E-state index in [9.17, 15) is 9.59 Å². The van der Waals surface area contributed by atoms with Crippen molar-refractivity contribution in [3.05, 3.63) is 28.4 Å². The summed E-state index contributed by atoms with van der Waals surface area (Å²) in [7, 11) is 4.10. The van der Waals surface area contributed by atoms with E-state index in [1.165, 1.54) is 6.20 Å². The van der Waals surface area contributed by atoms with E-state index in [-0.39, 0.29) is 11.5 Å². The van der Waals surface area contributed by atoms with E-state index in [1.807, 2.05) is 19.0 Å². The summed E-state index contributed by atoms with van der Waals surface area (Å²) in [4.78, 5) is 33.8. The number of carbonyl (C=O) groups is 1. The zero-order valence-corrected chi connectivity index (χ0v) is 12.5. The van der Waals surface area contributed by atoms with Crippen molar-refractivity contribution >= 4 is 5.91 Å². The van der Waals surface area contributed by atoms with Gasteiger partial charge in [0.2, 0.25) is 0 Å². The van der Waals surface area contributed by atoms with Crippen LogP contribution in [0.2, 0.25) is 0 Å². The van der Waals surface area contributed by atoms with Crippen LogP contribution in [0.25, 0.3) is 0 Å². The first-order valence-electron chi connectivity index (χ1n) is 6.90. The van der Waals surface area contributed by atoms with Crippen molar-refractivity contribution in [2.45, 2.75) is 19.9 Å². The number of nitrogens with zero attached hydrogens (tertiary/aromatic N) is 3. The van der Waals surface area contributed by atoms with Crippen LogP contribution < -0.4 is 5.56 Å². The second-order valence-corrected chi connectivity index (χ2v) is 5.95. The van der Waals surface area contributed by atoms with Gasteiger partial charge >= 0.3 is 0 Å². The molecule has 6 heteroatoms. The molecule has 1 aliphatic rings. The topological polar surface area (TPSA) is 69.3 Å². The minimum absolute atomic E-state index is 0.115. The van der Waals surface area contributed by atoms with Crippen molar-refractivity contribution in [3.8, 4) is 0 Å². The van der Waals surface area contributed by atoms with Crippen molar-refractivity contribution < 1.29 is 4.79 Å². The highest BCUT2D eigenvalue weighted by molar-refractivity contribution is 5.92. The molecule has 1 fully saturated rings. The summed E-state index contributed by atoms with van der Waals surface area (Å²) in [5.74, 6) is 0.858. The molecule has 0 spiro atoms. The Morgan fingerprint density at radius 3 is 2.60 bits per heavy atom. The van der Waals surface area contributed by atoms with Gasteiger partial charge in [-0.3, -0.25) is 9.59 Å². The Morgan fingerprint density at radius 2 is 2.15 bits per heavy atom. The van der Waals surface area contributed by atoms with Crippen LogP contribution >= 0.6 is 0 Å². The van der Waals surface area contributed by atoms with Crippen LogP contribution in [0.4, 0.5) is 0 Å². The van der Waals surface area contributed by atoms with Gasteiger partial charge in [-0.1, -0.05) is 13.8 Å². The molecule has 0 aromatic carbocycles. The third-order valence-corrected chi connectivity index (χ3v) is 4.03. The molecule has 1 N–H and O–H groups in total. The molecule has 2 rings (SSSR count). The average molecular weight is 278 g/mol. The van der Waals surface area contributed by atoms with Gasteiger partial charge in [0.05, 0.1) is 6.20 Å². The second-order valence-electron chi connectivity index (χ2n) is 5.95. The lowest BCUT2D eigenvalue weighted by molar-refractivity contribution is 0.0773. The fourth-order valence-electron chi connectivity index (χ4n) is 2.80. The summed E-state index contributed by atoms with van der Waals surface area (Å²) >= 11 is 0. The van der Waals surface area contributed by atoms with E-state index in [0.717, 1.165) is 12.7 Å². The number of H-pyrrole nitrogens is 1. The van der Waals surface area contributed by atoms with Crippen LogP contribution in [-0.4, -0.2) is 58.9 Å². The van der Waals surface area contributed by atoms with Gasteiger partial charge in [-0.15, -0.1) is 0 Å². The van der Waals surface area contributed by atoms with Crippen molar-refractivity contribution in [3.63, 3.8) is 0 Å². The summed E-state index contributed by atoms with van der Waals surface area (Å²) in [6.07, 6.45) is 2.53. The van der Waals surface area contributed by atoms with Crippen LogP contribution in [0.15, 0.2) is 17.2 Å². The molecule has 1 amide bonds. The van der Waals surface area contributed by atoms with Gasteiger partial charge in [0.1, 0.15) is 5.69 Å². The lowest BCUT2D eigenvalue weighted by atomic mass is 9.91. The Bertz CT molecular complexity index is 502. The minimum atomic E-state index is -0.297. The van der Waals surface area contributed by atoms with E-state index in [1.54, 1.807) is 0 Å². The largest absolute Gasteiger partial charge is 0.335 e. The summed E-state index contributed by atoms with van der Waals surface area (Å²) in [6, 6.07) is 0.363. The molecule has 1 aromatic rings. The van der Waals surface area contributed by atoms with Crippen LogP contribution in [0, 0.1) is 11.8 Å². The van der Waals surface area contributed by atoms with Crippen LogP contribution in [0.5, 0.6) is 0 Å². The summed E-state index contributed by atoms with van der Waals surface area (Å²) in [5.41, 5.74) is 0.000657. The molecule has 1 aliphatic heterocycles. The van der Waals surface area contributed by atoms with Gasteiger partial charge in [-0.25, -0.2) is 4.98 Å². The zero-order chi connectivity index (χ0) is 14.9. The number of hydrogen-bond donors (Lipinski definition) is 1. The van der Waals surface area contributed by atoms with Crippen molar-refractivity contribution in [2.24, 2.45) is 11.8 Å². The quantitative estimate of drug-likeness (QED) is 0.870. The Morgan fingerprint density at radius 1 is 1.45 bits per heavy atom. The Hall–Kier alpha value is -1.69. The van der Waals surface area contributed by atoms with Gasteiger partial charge in [0.25, 0.3) is 11.5 Å². The number of likely N-dealkylation sites (N-methyl/N-ethyl adjacent to an activating group) is 1. The molecule has 1 saturated heterocycles. The SMILES string of the molecule is CC(C)[C@H]1CN(C(=O)c2c[nH]c(=O)cn2)C[C@@H]1N(C)C. The molecule has 6 nitrogen and oxygen atoms in total. The van der Waals surface area contributed by atoms with E-state index < -0.39 is 0 Å². The minimum Gasteiger partial charge on any atom is -0.335 e. The van der Waals surface area contributed by atoms with Crippen LogP contribution in [0.3, 0.4) is 0 Å². The maximum Gasteiger partial charge on any atom is 0.274 e. The molecule has 2 heterocycles. The first-order valence-corrected chi connectivity index (χ1v) is 6.90. The Labute approximate surface area is 118 Å². The smallest absolute Gasteiger partial charge is 0.274 e. The molecule has 0 radical (unpaired) electrons. The summed E-state index contributed by atoms with van der Waals surface area (Å²) in [5, 5.41) is 0. The number of likely N-dealkylation sites (tertiary alicyclic amines) is 1. The van der Waals surface area contributed by atoms with Gasteiger partial charge in [0.15, 0.2) is 0 Å². The number of amides is 1. The van der Waals surface area contributed by atoms with Gasteiger partial charge in [0, 0.05) is 25.3 Å². The first kappa shape index (κ1) is 14.7. The van der Waals surface area contributed by atoms with Crippen LogP contribution in [0.1, 0.15) is 24.3 Å². The third-order valence-electron chi connectivity index (χ3n) is 4.03. The Kier molecular flexibility index (Phi) is 4.23. The number of nitrogens with one attached hydrogen (secondary N) is 1. The third kappa shape index (κ3) is 2.90. The molecular weight excluding hydrogens is 256 g/mol. The van der Waals surface area contributed by atoms with Crippen molar-refractivity contribution in [1.82, 2.24) is 19.8 Å². The maximum atomic E-state index is 12.4. The highest BCUT2D eigenvalue weighted by Gasteiger charge is 2.38. The number of aromatic nitrogens is 2. The molecule has 0 saturated carbocycles. The second kappa shape index (κ2) is 5.75. The molecule has 0 aliphatic carbocycles. The van der Waals surface area contributed by atoms with Crippen LogP contribution in [-0.2, 0) is 0 Å². The standard InChI is InChI=1S/C14H22N4O2/c1-9(2)10-7-18(8-12(10)17(3)4)14(20)11-5-16-13(19)6-15-11/h5-6,9-10,12H,7-8H2,1-4H3,(H,16,19)/t10-,12+/m1/s1. The first-order chi connectivity index (χ1) is 9.40. The van der Waals surface area contributed by atoms with Gasteiger partial charge in [-0.2, -0.15) is 0 Å². The monoisotopic (exact) mass is 278 g/mol. The highest BCUT2D eigenvalue weighted by atomic mass is 16.2. The molecule has 1 aromatic heterocycles. The lowest BCUT2D eigenvalue weighted by Crippen LogP contribution is -2.37. The number of aromatic amines is 1. The highest BCUT2D eigenvalue weighted by Crippen LogP contribution is 2.27. The Balaban J connectivity index is 2.16. The number of carbonyl (C=O) groups excluding carboxylic acids is 1. The van der Waals surface area contributed by atoms with E-state index >= 15 is 0 Å². The van der Waals surface area contributed by atoms with E-state index in [4.69, 9.17) is 0 Å². The molecule has 2 atom stereocenters. The normalized spacial score (nSPS) is 22.8. The number of hydrogen-bond acceptors (Lipinski definition) is 4. The van der Waals surface area contributed by atoms with E-state index in [0.29, 0.717) is 30.1 Å². The molecule has 110 valence electrons. The molecule has 20 heavy (non-hydrogen) atoms. The average Bonchev–Trinajstić information content (AvgIpc) is 2.84. The fourth-order valence-corrected chi connectivity index (χ4v) is 2.80. The molecule has 0 bridgehead atoms. The lowest BCUT2D eigenvalue weighted by Gasteiger charge is -2.27. The van der Waals surface area contributed by atoms with Gasteiger partial charge < -0.3 is 14.8 Å². The van der Waals surface area contributed by atoms with Crippen molar-refractivity contribution in [1.29, 1.82) is 0 Å². The predicted octanol–water partition coefficient (Wildman–Crippen LogP) is 0.428. The summed E-state index contributed by atoms with van der Waals surface area (Å²) < 4.78 is 0.